The summed E-state index contributed by atoms with van der Waals surface area (Å²) in [5.74, 6) is 0. The maximum atomic E-state index is 12.3. The van der Waals surface area contributed by atoms with Crippen LogP contribution in [0.4, 0.5) is 5.69 Å². The van der Waals surface area contributed by atoms with Crippen molar-refractivity contribution in [3.8, 4) is 0 Å². The quantitative estimate of drug-likeness (QED) is 0.653. The third-order valence-electron chi connectivity index (χ3n) is 2.67. The minimum absolute atomic E-state index is 0.0823. The van der Waals surface area contributed by atoms with Crippen molar-refractivity contribution in [1.82, 2.24) is 10.2 Å². The standard InChI is InChI=1S/C11H12ClIN4O2S/c1-6-8(5-14)11(16-15-6)20(18,19)17-10-3-2-7(13)4-9(10)12/h2-4,17H,5,14H2,1H3,(H,15,16). The van der Waals surface area contributed by atoms with Crippen LogP contribution in [0.1, 0.15) is 11.3 Å². The zero-order chi connectivity index (χ0) is 14.9. The monoisotopic (exact) mass is 426 g/mol. The fourth-order valence-electron chi connectivity index (χ4n) is 1.66. The Balaban J connectivity index is 2.41. The Morgan fingerprint density at radius 2 is 2.20 bits per heavy atom. The summed E-state index contributed by atoms with van der Waals surface area (Å²) >= 11 is 8.11. The summed E-state index contributed by atoms with van der Waals surface area (Å²) in [6.45, 7) is 1.80. The Hall–Kier alpha value is -0.840. The van der Waals surface area contributed by atoms with Crippen LogP contribution in [0.2, 0.25) is 5.02 Å². The average molecular weight is 427 g/mol. The SMILES string of the molecule is Cc1[nH]nc(S(=O)(=O)Nc2ccc(I)cc2Cl)c1CN. The van der Waals surface area contributed by atoms with E-state index < -0.39 is 10.0 Å². The van der Waals surface area contributed by atoms with Gasteiger partial charge in [-0.15, -0.1) is 0 Å². The molecule has 0 spiro atoms. The highest BCUT2D eigenvalue weighted by Crippen LogP contribution is 2.27. The third kappa shape index (κ3) is 3.08. The zero-order valence-corrected chi connectivity index (χ0v) is 14.2. The van der Waals surface area contributed by atoms with Crippen molar-refractivity contribution < 1.29 is 8.42 Å². The molecule has 20 heavy (non-hydrogen) atoms. The van der Waals surface area contributed by atoms with E-state index >= 15 is 0 Å². The normalized spacial score (nSPS) is 11.6. The smallest absolute Gasteiger partial charge is 0.281 e. The lowest BCUT2D eigenvalue weighted by Crippen LogP contribution is -2.16. The van der Waals surface area contributed by atoms with Crippen LogP contribution in [-0.2, 0) is 16.6 Å². The molecular weight excluding hydrogens is 415 g/mol. The number of aromatic nitrogens is 2. The molecule has 0 unspecified atom stereocenters. The van der Waals surface area contributed by atoms with Crippen molar-refractivity contribution in [2.24, 2.45) is 5.73 Å². The minimum atomic E-state index is -3.83. The van der Waals surface area contributed by atoms with Crippen molar-refractivity contribution in [3.05, 3.63) is 38.0 Å². The number of benzene rings is 1. The molecule has 108 valence electrons. The van der Waals surface area contributed by atoms with Gasteiger partial charge in [0.1, 0.15) is 0 Å². The molecule has 0 amide bonds. The number of hydrogen-bond donors (Lipinski definition) is 3. The number of H-pyrrole nitrogens is 1. The number of hydrogen-bond acceptors (Lipinski definition) is 4. The van der Waals surface area contributed by atoms with Gasteiger partial charge >= 0.3 is 0 Å². The van der Waals surface area contributed by atoms with Gasteiger partial charge in [-0.1, -0.05) is 11.6 Å². The van der Waals surface area contributed by atoms with Gasteiger partial charge in [0, 0.05) is 21.4 Å². The van der Waals surface area contributed by atoms with Crippen molar-refractivity contribution in [1.29, 1.82) is 0 Å². The van der Waals surface area contributed by atoms with Crippen molar-refractivity contribution in [2.45, 2.75) is 18.5 Å². The van der Waals surface area contributed by atoms with E-state index in [1.165, 1.54) is 0 Å². The molecule has 0 bridgehead atoms. The van der Waals surface area contributed by atoms with Gasteiger partial charge in [0.2, 0.25) is 5.03 Å². The highest BCUT2D eigenvalue weighted by Gasteiger charge is 2.23. The second-order valence-corrected chi connectivity index (χ2v) is 7.32. The number of nitrogens with zero attached hydrogens (tertiary/aromatic N) is 1. The average Bonchev–Trinajstić information content (AvgIpc) is 2.74. The molecule has 6 nitrogen and oxygen atoms in total. The van der Waals surface area contributed by atoms with Crippen LogP contribution in [-0.4, -0.2) is 18.6 Å². The maximum Gasteiger partial charge on any atom is 0.281 e. The molecule has 0 saturated heterocycles. The summed E-state index contributed by atoms with van der Waals surface area (Å²) in [5.41, 5.74) is 6.94. The Kier molecular flexibility index (Phi) is 4.57. The van der Waals surface area contributed by atoms with Gasteiger partial charge in [0.05, 0.1) is 10.7 Å². The van der Waals surface area contributed by atoms with Crippen LogP contribution < -0.4 is 10.5 Å². The Morgan fingerprint density at radius 3 is 2.80 bits per heavy atom. The van der Waals surface area contributed by atoms with Crippen LogP contribution in [0.25, 0.3) is 0 Å². The minimum Gasteiger partial charge on any atom is -0.326 e. The fraction of sp³-hybridized carbons (Fsp3) is 0.182. The molecule has 2 aromatic rings. The predicted molar refractivity (Wildman–Crippen MR) is 86.2 cm³/mol. The molecule has 4 N–H and O–H groups in total. The number of sulfonamides is 1. The van der Waals surface area contributed by atoms with Gasteiger partial charge in [-0.2, -0.15) is 13.5 Å². The van der Waals surface area contributed by atoms with Crippen molar-refractivity contribution in [2.75, 3.05) is 4.72 Å². The number of nitrogens with two attached hydrogens (primary N) is 1. The topological polar surface area (TPSA) is 101 Å². The van der Waals surface area contributed by atoms with E-state index in [1.807, 2.05) is 0 Å². The summed E-state index contributed by atoms with van der Waals surface area (Å²) in [6.07, 6.45) is 0. The molecule has 0 aliphatic rings. The van der Waals surface area contributed by atoms with E-state index in [4.69, 9.17) is 17.3 Å². The number of anilines is 1. The molecule has 0 aliphatic carbocycles. The van der Waals surface area contributed by atoms with Gasteiger partial charge in [-0.25, -0.2) is 0 Å². The lowest BCUT2D eigenvalue weighted by molar-refractivity contribution is 0.596. The van der Waals surface area contributed by atoms with E-state index in [0.29, 0.717) is 22.0 Å². The first kappa shape index (κ1) is 15.5. The first-order chi connectivity index (χ1) is 9.35. The van der Waals surface area contributed by atoms with E-state index in [-0.39, 0.29) is 11.6 Å². The molecule has 0 radical (unpaired) electrons. The predicted octanol–water partition coefficient (Wildman–Crippen LogP) is 2.24. The molecule has 2 rings (SSSR count). The summed E-state index contributed by atoms with van der Waals surface area (Å²) in [5, 5.41) is 6.64. The molecular formula is C11H12ClIN4O2S. The van der Waals surface area contributed by atoms with Crippen LogP contribution in [0.5, 0.6) is 0 Å². The number of aromatic amines is 1. The molecule has 1 aromatic carbocycles. The summed E-state index contributed by atoms with van der Waals surface area (Å²) in [4.78, 5) is 0. The lowest BCUT2D eigenvalue weighted by atomic mass is 10.3. The number of aryl methyl sites for hydroxylation is 1. The first-order valence-corrected chi connectivity index (χ1v) is 8.51. The van der Waals surface area contributed by atoms with Crippen LogP contribution in [0.3, 0.4) is 0 Å². The second kappa shape index (κ2) is 5.88. The number of nitrogens with one attached hydrogen (secondary N) is 2. The Labute approximate surface area is 135 Å². The summed E-state index contributed by atoms with van der Waals surface area (Å²) < 4.78 is 28.0. The molecule has 1 heterocycles. The molecule has 1 aromatic heterocycles. The fourth-order valence-corrected chi connectivity index (χ4v) is 3.91. The largest absolute Gasteiger partial charge is 0.326 e. The maximum absolute atomic E-state index is 12.3. The third-order valence-corrected chi connectivity index (χ3v) is 4.99. The summed E-state index contributed by atoms with van der Waals surface area (Å²) in [7, 11) is -3.83. The van der Waals surface area contributed by atoms with Gasteiger partial charge in [-0.05, 0) is 47.7 Å². The van der Waals surface area contributed by atoms with E-state index in [2.05, 4.69) is 37.5 Å². The first-order valence-electron chi connectivity index (χ1n) is 5.57. The molecule has 0 aliphatic heterocycles. The van der Waals surface area contributed by atoms with Crippen LogP contribution in [0.15, 0.2) is 23.2 Å². The highest BCUT2D eigenvalue weighted by molar-refractivity contribution is 14.1. The van der Waals surface area contributed by atoms with E-state index in [9.17, 15) is 8.42 Å². The zero-order valence-electron chi connectivity index (χ0n) is 10.4. The van der Waals surface area contributed by atoms with Crippen LogP contribution >= 0.6 is 34.2 Å². The van der Waals surface area contributed by atoms with E-state index in [1.54, 1.807) is 25.1 Å². The van der Waals surface area contributed by atoms with Gasteiger partial charge < -0.3 is 5.73 Å². The molecule has 9 heteroatoms. The van der Waals surface area contributed by atoms with E-state index in [0.717, 1.165) is 3.57 Å². The molecule has 0 fully saturated rings. The summed E-state index contributed by atoms with van der Waals surface area (Å²) in [6, 6.07) is 5.02. The van der Waals surface area contributed by atoms with Crippen LogP contribution in [0, 0.1) is 10.5 Å². The van der Waals surface area contributed by atoms with Gasteiger partial charge in [-0.3, -0.25) is 9.82 Å². The van der Waals surface area contributed by atoms with Gasteiger partial charge in [0.25, 0.3) is 10.0 Å². The second-order valence-electron chi connectivity index (χ2n) is 4.07. The molecule has 0 atom stereocenters. The van der Waals surface area contributed by atoms with Crippen molar-refractivity contribution in [3.63, 3.8) is 0 Å². The Bertz CT molecular complexity index is 745. The lowest BCUT2D eigenvalue weighted by Gasteiger charge is -2.09. The van der Waals surface area contributed by atoms with Crippen molar-refractivity contribution >= 4 is 49.9 Å². The number of rotatable bonds is 4. The number of halogens is 2. The highest BCUT2D eigenvalue weighted by atomic mass is 127. The van der Waals surface area contributed by atoms with Gasteiger partial charge in [0.15, 0.2) is 0 Å². The Morgan fingerprint density at radius 1 is 1.50 bits per heavy atom. The molecule has 0 saturated carbocycles.